The summed E-state index contributed by atoms with van der Waals surface area (Å²) in [5.74, 6) is 0.801. The largest absolute Gasteiger partial charge is 0.350 e. The van der Waals surface area contributed by atoms with E-state index in [-0.39, 0.29) is 29.8 Å². The molecule has 0 spiro atoms. The van der Waals surface area contributed by atoms with Crippen LogP contribution in [0.5, 0.6) is 0 Å². The molecule has 3 fully saturated rings. The van der Waals surface area contributed by atoms with Crippen LogP contribution in [0, 0.1) is 18.8 Å². The van der Waals surface area contributed by atoms with E-state index in [4.69, 9.17) is 0 Å². The minimum absolute atomic E-state index is 0.0126. The number of amides is 2. The Hall–Kier alpha value is -2.19. The SMILES string of the molecule is Cc1ccc(CN2C[C@@H]3C[C@H](C2)[C@H](C(=O)NCc2cnn(C)c2)N2C(=O)CCC[C@@H]32)s1. The van der Waals surface area contributed by atoms with Gasteiger partial charge in [0, 0.05) is 73.1 Å². The number of aryl methyl sites for hydroxylation is 2. The van der Waals surface area contributed by atoms with Crippen LogP contribution >= 0.6 is 11.3 Å². The van der Waals surface area contributed by atoms with Crippen molar-refractivity contribution >= 4 is 23.2 Å². The third-order valence-corrected chi connectivity index (χ3v) is 8.07. The molecule has 3 saturated heterocycles. The number of nitrogens with zero attached hydrogens (tertiary/aromatic N) is 4. The Morgan fingerprint density at radius 3 is 2.87 bits per heavy atom. The van der Waals surface area contributed by atoms with Gasteiger partial charge in [-0.3, -0.25) is 19.2 Å². The standard InChI is InChI=1S/C23H31N5O2S/c1-15-6-7-19(31-15)14-27-12-17-8-18(13-27)22(28-20(17)4-3-5-21(28)29)23(30)24-9-16-10-25-26(2)11-16/h6-7,10-11,17-18,20,22H,3-5,8-9,12-14H2,1-2H3,(H,24,30)/t17-,18+,20-,22+/m0/s1. The van der Waals surface area contributed by atoms with Gasteiger partial charge in [0.15, 0.2) is 0 Å². The first kappa shape index (κ1) is 20.7. The average Bonchev–Trinajstić information content (AvgIpc) is 3.34. The van der Waals surface area contributed by atoms with Crippen LogP contribution in [0.3, 0.4) is 0 Å². The van der Waals surface area contributed by atoms with Crippen LogP contribution in [-0.2, 0) is 29.7 Å². The van der Waals surface area contributed by atoms with Crippen molar-refractivity contribution in [3.05, 3.63) is 39.8 Å². The van der Waals surface area contributed by atoms with E-state index in [1.807, 2.05) is 29.5 Å². The maximum absolute atomic E-state index is 13.4. The monoisotopic (exact) mass is 441 g/mol. The van der Waals surface area contributed by atoms with Crippen molar-refractivity contribution in [1.29, 1.82) is 0 Å². The normalized spacial score (nSPS) is 28.5. The Balaban J connectivity index is 1.35. The van der Waals surface area contributed by atoms with Gasteiger partial charge >= 0.3 is 0 Å². The molecule has 5 heterocycles. The van der Waals surface area contributed by atoms with Gasteiger partial charge in [0.25, 0.3) is 0 Å². The molecule has 31 heavy (non-hydrogen) atoms. The zero-order chi connectivity index (χ0) is 21.5. The van der Waals surface area contributed by atoms with Gasteiger partial charge in [0.05, 0.1) is 6.20 Å². The van der Waals surface area contributed by atoms with Gasteiger partial charge in [-0.2, -0.15) is 5.10 Å². The van der Waals surface area contributed by atoms with Crippen LogP contribution in [-0.4, -0.2) is 56.6 Å². The zero-order valence-electron chi connectivity index (χ0n) is 18.3. The predicted octanol–water partition coefficient (Wildman–Crippen LogP) is 2.31. The number of piperidine rings is 3. The highest BCUT2D eigenvalue weighted by Gasteiger charge is 2.51. The smallest absolute Gasteiger partial charge is 0.243 e. The van der Waals surface area contributed by atoms with Crippen molar-refractivity contribution in [1.82, 2.24) is 24.9 Å². The lowest BCUT2D eigenvalue weighted by atomic mass is 9.71. The molecule has 7 nitrogen and oxygen atoms in total. The summed E-state index contributed by atoms with van der Waals surface area (Å²) >= 11 is 1.85. The first-order valence-electron chi connectivity index (χ1n) is 11.3. The molecular weight excluding hydrogens is 410 g/mol. The molecule has 4 atom stereocenters. The number of fused-ring (bicyclic) bond motifs is 4. The third-order valence-electron chi connectivity index (χ3n) is 7.09. The van der Waals surface area contributed by atoms with E-state index in [1.54, 1.807) is 10.9 Å². The number of aromatic nitrogens is 2. The number of nitrogens with one attached hydrogen (secondary N) is 1. The molecule has 3 aliphatic heterocycles. The second-order valence-corrected chi connectivity index (χ2v) is 10.8. The highest BCUT2D eigenvalue weighted by molar-refractivity contribution is 7.11. The summed E-state index contributed by atoms with van der Waals surface area (Å²) < 4.78 is 1.74. The van der Waals surface area contributed by atoms with Crippen LogP contribution < -0.4 is 5.32 Å². The molecule has 0 aliphatic carbocycles. The molecule has 3 aliphatic rings. The molecule has 0 saturated carbocycles. The average molecular weight is 442 g/mol. The van der Waals surface area contributed by atoms with E-state index >= 15 is 0 Å². The van der Waals surface area contributed by atoms with Gasteiger partial charge in [0.1, 0.15) is 6.04 Å². The van der Waals surface area contributed by atoms with Gasteiger partial charge in [-0.25, -0.2) is 0 Å². The quantitative estimate of drug-likeness (QED) is 0.773. The van der Waals surface area contributed by atoms with Gasteiger partial charge in [-0.1, -0.05) is 0 Å². The molecule has 2 aromatic heterocycles. The Morgan fingerprint density at radius 2 is 2.13 bits per heavy atom. The molecule has 5 rings (SSSR count). The fourth-order valence-electron chi connectivity index (χ4n) is 5.87. The number of rotatable bonds is 5. The van der Waals surface area contributed by atoms with Gasteiger partial charge in [-0.05, 0) is 44.2 Å². The lowest BCUT2D eigenvalue weighted by Crippen LogP contribution is -2.68. The molecule has 0 unspecified atom stereocenters. The number of thiophene rings is 1. The molecule has 166 valence electrons. The van der Waals surface area contributed by atoms with E-state index in [9.17, 15) is 9.59 Å². The van der Waals surface area contributed by atoms with Gasteiger partial charge < -0.3 is 10.2 Å². The lowest BCUT2D eigenvalue weighted by Gasteiger charge is -2.55. The molecular formula is C23H31N5O2S. The van der Waals surface area contributed by atoms with Crippen molar-refractivity contribution in [2.75, 3.05) is 13.1 Å². The first-order chi connectivity index (χ1) is 15.0. The highest BCUT2D eigenvalue weighted by atomic mass is 32.1. The lowest BCUT2D eigenvalue weighted by molar-refractivity contribution is -0.160. The Kier molecular flexibility index (Phi) is 5.60. The molecule has 8 heteroatoms. The van der Waals surface area contributed by atoms with E-state index < -0.39 is 0 Å². The van der Waals surface area contributed by atoms with Crippen molar-refractivity contribution in [3.63, 3.8) is 0 Å². The van der Waals surface area contributed by atoms with Crippen molar-refractivity contribution in [2.45, 2.75) is 57.8 Å². The van der Waals surface area contributed by atoms with Crippen LogP contribution in [0.1, 0.15) is 41.0 Å². The summed E-state index contributed by atoms with van der Waals surface area (Å²) in [4.78, 5) is 33.6. The molecule has 1 N–H and O–H groups in total. The Morgan fingerprint density at radius 1 is 1.29 bits per heavy atom. The highest BCUT2D eigenvalue weighted by Crippen LogP contribution is 2.42. The van der Waals surface area contributed by atoms with Gasteiger partial charge in [-0.15, -0.1) is 11.3 Å². The zero-order valence-corrected chi connectivity index (χ0v) is 19.1. The third kappa shape index (κ3) is 4.15. The predicted molar refractivity (Wildman–Crippen MR) is 119 cm³/mol. The number of likely N-dealkylation sites (tertiary alicyclic amines) is 1. The minimum atomic E-state index is -0.362. The summed E-state index contributed by atoms with van der Waals surface area (Å²) in [6.45, 7) is 5.43. The van der Waals surface area contributed by atoms with Crippen molar-refractivity contribution < 1.29 is 9.59 Å². The summed E-state index contributed by atoms with van der Waals surface area (Å²) in [5, 5.41) is 7.29. The maximum Gasteiger partial charge on any atom is 0.243 e. The Bertz CT molecular complexity index is 969. The summed E-state index contributed by atoms with van der Waals surface area (Å²) in [7, 11) is 1.87. The van der Waals surface area contributed by atoms with Crippen LogP contribution in [0.15, 0.2) is 24.5 Å². The second kappa shape index (κ2) is 8.39. The fraction of sp³-hybridized carbons (Fsp3) is 0.609. The van der Waals surface area contributed by atoms with Crippen molar-refractivity contribution in [3.8, 4) is 0 Å². The van der Waals surface area contributed by atoms with Crippen LogP contribution in [0.2, 0.25) is 0 Å². The van der Waals surface area contributed by atoms with E-state index in [0.29, 0.717) is 18.9 Å². The van der Waals surface area contributed by atoms with Crippen LogP contribution in [0.25, 0.3) is 0 Å². The fourth-order valence-corrected chi connectivity index (χ4v) is 6.80. The molecule has 0 radical (unpaired) electrons. The number of hydrogen-bond donors (Lipinski definition) is 1. The molecule has 2 aromatic rings. The van der Waals surface area contributed by atoms with E-state index in [2.05, 4.69) is 34.4 Å². The van der Waals surface area contributed by atoms with Crippen molar-refractivity contribution in [2.24, 2.45) is 18.9 Å². The van der Waals surface area contributed by atoms with E-state index in [1.165, 1.54) is 9.75 Å². The maximum atomic E-state index is 13.4. The van der Waals surface area contributed by atoms with Crippen LogP contribution in [0.4, 0.5) is 0 Å². The van der Waals surface area contributed by atoms with E-state index in [0.717, 1.165) is 44.5 Å². The summed E-state index contributed by atoms with van der Waals surface area (Å²) in [5.41, 5.74) is 0.976. The Labute approximate surface area is 187 Å². The topological polar surface area (TPSA) is 70.5 Å². The minimum Gasteiger partial charge on any atom is -0.350 e. The second-order valence-electron chi connectivity index (χ2n) is 9.41. The summed E-state index contributed by atoms with van der Waals surface area (Å²) in [6, 6.07) is 4.23. The molecule has 0 aromatic carbocycles. The number of carbonyl (C=O) groups excluding carboxylic acids is 2. The first-order valence-corrected chi connectivity index (χ1v) is 12.1. The number of carbonyl (C=O) groups is 2. The molecule has 2 bridgehead atoms. The molecule has 2 amide bonds. The number of hydrogen-bond acceptors (Lipinski definition) is 5. The van der Waals surface area contributed by atoms with Gasteiger partial charge in [0.2, 0.25) is 11.8 Å². The summed E-state index contributed by atoms with van der Waals surface area (Å²) in [6.07, 6.45) is 7.26.